The van der Waals surface area contributed by atoms with E-state index in [1.165, 1.54) is 7.11 Å². The summed E-state index contributed by atoms with van der Waals surface area (Å²) in [5.41, 5.74) is 9.42. The highest BCUT2D eigenvalue weighted by atomic mass is 16.7. The van der Waals surface area contributed by atoms with Gasteiger partial charge in [0.2, 0.25) is 6.79 Å². The highest BCUT2D eigenvalue weighted by Gasteiger charge is 2.27. The van der Waals surface area contributed by atoms with Crippen LogP contribution in [0.1, 0.15) is 10.4 Å². The van der Waals surface area contributed by atoms with Crippen LogP contribution in [-0.4, -0.2) is 47.6 Å². The number of fused-ring (bicyclic) bond motifs is 3. The van der Waals surface area contributed by atoms with Gasteiger partial charge in [-0.25, -0.2) is 14.8 Å². The van der Waals surface area contributed by atoms with Gasteiger partial charge in [-0.1, -0.05) is 12.1 Å². The van der Waals surface area contributed by atoms with Gasteiger partial charge in [-0.05, 0) is 24.3 Å². The number of carbonyl (C=O) groups excluding carboxylic acids is 1. The molecule has 5 rings (SSSR count). The van der Waals surface area contributed by atoms with Crippen LogP contribution in [0.3, 0.4) is 0 Å². The molecule has 0 bridgehead atoms. The number of para-hydroxylation sites is 2. The molecular weight excluding hydrogens is 388 g/mol. The van der Waals surface area contributed by atoms with Crippen molar-refractivity contribution in [3.63, 3.8) is 0 Å². The molecule has 1 aliphatic rings. The van der Waals surface area contributed by atoms with Crippen LogP contribution < -0.4 is 15.2 Å². The summed E-state index contributed by atoms with van der Waals surface area (Å²) in [7, 11) is 1.53. The van der Waals surface area contributed by atoms with E-state index in [1.54, 1.807) is 16.7 Å². The summed E-state index contributed by atoms with van der Waals surface area (Å²) in [5, 5.41) is 0. The number of hydrogen-bond acceptors (Lipinski definition) is 8. The Morgan fingerprint density at radius 2 is 1.87 bits per heavy atom. The molecule has 0 saturated heterocycles. The van der Waals surface area contributed by atoms with Gasteiger partial charge in [-0.15, -0.1) is 0 Å². The lowest BCUT2D eigenvalue weighted by Gasteiger charge is -2.09. The van der Waals surface area contributed by atoms with Crippen molar-refractivity contribution in [1.82, 2.24) is 14.5 Å². The summed E-state index contributed by atoms with van der Waals surface area (Å²) in [4.78, 5) is 22.2. The van der Waals surface area contributed by atoms with Crippen LogP contribution in [0.15, 0.2) is 42.5 Å². The minimum atomic E-state index is -0.585. The Hall–Kier alpha value is -3.85. The van der Waals surface area contributed by atoms with Gasteiger partial charge in [0.15, 0.2) is 17.1 Å². The van der Waals surface area contributed by atoms with E-state index < -0.39 is 5.97 Å². The summed E-state index contributed by atoms with van der Waals surface area (Å²) in [6, 6.07) is 12.8. The zero-order valence-corrected chi connectivity index (χ0v) is 16.1. The highest BCUT2D eigenvalue weighted by molar-refractivity contribution is 6.09. The Kier molecular flexibility index (Phi) is 4.36. The van der Waals surface area contributed by atoms with Crippen molar-refractivity contribution in [3.05, 3.63) is 48.0 Å². The first-order chi connectivity index (χ1) is 14.7. The maximum Gasteiger partial charge on any atom is 0.344 e. The molecule has 0 spiro atoms. The number of methoxy groups -OCH3 is 1. The van der Waals surface area contributed by atoms with Crippen molar-refractivity contribution < 1.29 is 23.7 Å². The average molecular weight is 406 g/mol. The maximum absolute atomic E-state index is 12.8. The predicted octanol–water partition coefficient (Wildman–Crippen LogP) is 2.69. The quantitative estimate of drug-likeness (QED) is 0.398. The molecule has 2 aromatic carbocycles. The fraction of sp³-hybridized carbons (Fsp3) is 0.190. The highest BCUT2D eigenvalue weighted by Crippen LogP contribution is 2.37. The summed E-state index contributed by atoms with van der Waals surface area (Å²) >= 11 is 0. The van der Waals surface area contributed by atoms with Crippen molar-refractivity contribution in [3.8, 4) is 17.2 Å². The van der Waals surface area contributed by atoms with E-state index >= 15 is 0 Å². The Bertz CT molecular complexity index is 1280. The second-order valence-electron chi connectivity index (χ2n) is 6.65. The Labute approximate surface area is 170 Å². The fourth-order valence-corrected chi connectivity index (χ4v) is 3.44. The number of anilines is 1. The lowest BCUT2D eigenvalue weighted by molar-refractivity contribution is 0.0391. The smallest absolute Gasteiger partial charge is 0.344 e. The number of aromatic nitrogens is 3. The average Bonchev–Trinajstić information content (AvgIpc) is 3.33. The van der Waals surface area contributed by atoms with Gasteiger partial charge in [0.25, 0.3) is 0 Å². The van der Waals surface area contributed by atoms with Crippen molar-refractivity contribution in [2.24, 2.45) is 0 Å². The number of rotatable bonds is 5. The molecule has 3 heterocycles. The predicted molar refractivity (Wildman–Crippen MR) is 109 cm³/mol. The number of nitrogens with two attached hydrogens (primary N) is 1. The maximum atomic E-state index is 12.8. The molecule has 0 aliphatic carbocycles. The molecule has 9 heteroatoms. The SMILES string of the molecule is COCCOC(=O)c1c(N)n(-c2ccc3c(c2)OCO3)c2nc3ccccc3nc12. The second-order valence-corrected chi connectivity index (χ2v) is 6.65. The van der Waals surface area contributed by atoms with Crippen LogP contribution in [0.2, 0.25) is 0 Å². The summed E-state index contributed by atoms with van der Waals surface area (Å²) in [6.07, 6.45) is 0. The van der Waals surface area contributed by atoms with E-state index in [2.05, 4.69) is 4.98 Å². The number of nitrogens with zero attached hydrogens (tertiary/aromatic N) is 3. The monoisotopic (exact) mass is 406 g/mol. The molecule has 1 aliphatic heterocycles. The first-order valence-electron chi connectivity index (χ1n) is 9.30. The molecule has 9 nitrogen and oxygen atoms in total. The van der Waals surface area contributed by atoms with Crippen LogP contribution in [0.4, 0.5) is 5.82 Å². The Morgan fingerprint density at radius 1 is 1.10 bits per heavy atom. The van der Waals surface area contributed by atoms with Gasteiger partial charge >= 0.3 is 5.97 Å². The zero-order chi connectivity index (χ0) is 20.7. The number of hydrogen-bond donors (Lipinski definition) is 1. The van der Waals surface area contributed by atoms with Gasteiger partial charge < -0.3 is 24.7 Å². The first kappa shape index (κ1) is 18.2. The lowest BCUT2D eigenvalue weighted by Crippen LogP contribution is -2.12. The van der Waals surface area contributed by atoms with Gasteiger partial charge in [0.05, 0.1) is 23.3 Å². The van der Waals surface area contributed by atoms with E-state index in [9.17, 15) is 4.79 Å². The summed E-state index contributed by atoms with van der Waals surface area (Å²) < 4.78 is 22.8. The number of carbonyl (C=O) groups is 1. The molecule has 152 valence electrons. The fourth-order valence-electron chi connectivity index (χ4n) is 3.44. The molecule has 0 saturated carbocycles. The third-order valence-electron chi connectivity index (χ3n) is 4.84. The van der Waals surface area contributed by atoms with E-state index in [0.717, 1.165) is 0 Å². The minimum Gasteiger partial charge on any atom is -0.459 e. The van der Waals surface area contributed by atoms with Gasteiger partial charge in [0, 0.05) is 13.2 Å². The molecule has 0 amide bonds. The van der Waals surface area contributed by atoms with Crippen LogP contribution in [-0.2, 0) is 9.47 Å². The van der Waals surface area contributed by atoms with Crippen molar-refractivity contribution in [2.75, 3.05) is 32.9 Å². The molecule has 30 heavy (non-hydrogen) atoms. The standard InChI is InChI=1S/C21H18N4O5/c1-27-8-9-28-21(26)17-18-20(24-14-5-3-2-4-13(14)23-18)25(19(17)22)12-6-7-15-16(10-12)30-11-29-15/h2-7,10H,8-9,11,22H2,1H3. The van der Waals surface area contributed by atoms with Crippen molar-refractivity contribution >= 4 is 34.0 Å². The second kappa shape index (κ2) is 7.20. The summed E-state index contributed by atoms with van der Waals surface area (Å²) in [5.74, 6) is 0.830. The van der Waals surface area contributed by atoms with Gasteiger partial charge in [0.1, 0.15) is 23.5 Å². The number of nitrogen functional groups attached to an aromatic ring is 1. The van der Waals surface area contributed by atoms with Gasteiger partial charge in [-0.2, -0.15) is 0 Å². The Balaban J connectivity index is 1.74. The van der Waals surface area contributed by atoms with Crippen LogP contribution in [0, 0.1) is 0 Å². The largest absolute Gasteiger partial charge is 0.459 e. The van der Waals surface area contributed by atoms with Crippen molar-refractivity contribution in [1.29, 1.82) is 0 Å². The van der Waals surface area contributed by atoms with E-state index in [0.29, 0.717) is 39.4 Å². The molecule has 2 aromatic heterocycles. The van der Waals surface area contributed by atoms with Crippen LogP contribution in [0.5, 0.6) is 11.5 Å². The van der Waals surface area contributed by atoms with E-state index in [1.807, 2.05) is 30.3 Å². The Morgan fingerprint density at radius 3 is 2.67 bits per heavy atom. The molecule has 0 fully saturated rings. The molecule has 2 N–H and O–H groups in total. The molecule has 0 atom stereocenters. The van der Waals surface area contributed by atoms with Crippen LogP contribution in [0.25, 0.3) is 27.9 Å². The van der Waals surface area contributed by atoms with Crippen LogP contribution >= 0.6 is 0 Å². The number of esters is 1. The van der Waals surface area contributed by atoms with E-state index in [-0.39, 0.29) is 31.4 Å². The van der Waals surface area contributed by atoms with E-state index in [4.69, 9.17) is 29.7 Å². The molecule has 4 aromatic rings. The molecular formula is C21H18N4O5. The summed E-state index contributed by atoms with van der Waals surface area (Å²) in [6.45, 7) is 0.537. The normalized spacial score (nSPS) is 12.6. The first-order valence-corrected chi connectivity index (χ1v) is 9.30. The third-order valence-corrected chi connectivity index (χ3v) is 4.84. The minimum absolute atomic E-state index is 0.104. The molecule has 0 unspecified atom stereocenters. The topological polar surface area (TPSA) is 111 Å². The molecule has 0 radical (unpaired) electrons. The van der Waals surface area contributed by atoms with Gasteiger partial charge in [-0.3, -0.25) is 4.57 Å². The number of benzene rings is 2. The number of ether oxygens (including phenoxy) is 4. The third kappa shape index (κ3) is 2.87. The lowest BCUT2D eigenvalue weighted by atomic mass is 10.2. The van der Waals surface area contributed by atoms with Crippen molar-refractivity contribution in [2.45, 2.75) is 0 Å². The zero-order valence-electron chi connectivity index (χ0n) is 16.1.